The summed E-state index contributed by atoms with van der Waals surface area (Å²) in [5, 5.41) is 13.5. The van der Waals surface area contributed by atoms with Crippen LogP contribution in [0.5, 0.6) is 0 Å². The molecule has 0 aliphatic heterocycles. The highest BCUT2D eigenvalue weighted by Crippen LogP contribution is 2.51. The molecule has 0 unspecified atom stereocenters. The Bertz CT molecular complexity index is 618. The molecule has 0 saturated heterocycles. The minimum absolute atomic E-state index is 0.00972. The maximum absolute atomic E-state index is 13.9. The summed E-state index contributed by atoms with van der Waals surface area (Å²) in [5.41, 5.74) is 0.789. The van der Waals surface area contributed by atoms with Crippen molar-refractivity contribution in [3.63, 3.8) is 0 Å². The van der Waals surface area contributed by atoms with Crippen molar-refractivity contribution in [3.8, 4) is 0 Å². The second-order valence-electron chi connectivity index (χ2n) is 5.70. The van der Waals surface area contributed by atoms with Crippen LogP contribution in [0.3, 0.4) is 0 Å². The Balaban J connectivity index is 2.08. The molecule has 0 heterocycles. The molecule has 1 aliphatic carbocycles. The molecule has 1 saturated carbocycles. The molecule has 0 aromatic heterocycles. The van der Waals surface area contributed by atoms with Crippen molar-refractivity contribution in [2.75, 3.05) is 6.61 Å². The van der Waals surface area contributed by atoms with Crippen LogP contribution < -0.4 is 0 Å². The second kappa shape index (κ2) is 5.52. The number of hydrogen-bond donors (Lipinski definition) is 2. The molecule has 124 valence electrons. The molecule has 22 heavy (non-hydrogen) atoms. The summed E-state index contributed by atoms with van der Waals surface area (Å²) in [6.45, 7) is 0.0422. The highest BCUT2D eigenvalue weighted by atomic mass is 32.2. The van der Waals surface area contributed by atoms with Gasteiger partial charge in [0.2, 0.25) is 15.6 Å². The molecule has 2 rings (SSSR count). The maximum atomic E-state index is 13.9. The number of rotatable bonds is 7. The van der Waals surface area contributed by atoms with Gasteiger partial charge in [-0.05, 0) is 25.3 Å². The minimum Gasteiger partial charge on any atom is -0.375 e. The maximum Gasteiger partial charge on any atom is 0.397 e. The lowest BCUT2D eigenvalue weighted by atomic mass is 10.2. The van der Waals surface area contributed by atoms with Gasteiger partial charge in [-0.25, -0.2) is 8.42 Å². The molecule has 0 atom stereocenters. The first-order valence-corrected chi connectivity index (χ1v) is 8.20. The van der Waals surface area contributed by atoms with Crippen molar-refractivity contribution in [3.05, 3.63) is 35.9 Å². The van der Waals surface area contributed by atoms with E-state index in [4.69, 9.17) is 14.9 Å². The molecular weight excluding hydrogens is 318 g/mol. The predicted octanol–water partition coefficient (Wildman–Crippen LogP) is 1.44. The zero-order valence-electron chi connectivity index (χ0n) is 12.0. The Morgan fingerprint density at radius 1 is 1.23 bits per heavy atom. The summed E-state index contributed by atoms with van der Waals surface area (Å²) in [5.74, 6) is -3.64. The summed E-state index contributed by atoms with van der Waals surface area (Å²) < 4.78 is 55.4. The molecule has 0 amide bonds. The van der Waals surface area contributed by atoms with Crippen molar-refractivity contribution in [1.82, 2.24) is 0 Å². The number of hydrogen-bond acceptors (Lipinski definition) is 5. The molecular formula is C14H18F2O5S. The van der Waals surface area contributed by atoms with Crippen LogP contribution in [0, 0.1) is 0 Å². The van der Waals surface area contributed by atoms with E-state index in [9.17, 15) is 17.2 Å². The number of ether oxygens (including phenoxy) is 1. The van der Waals surface area contributed by atoms with E-state index in [-0.39, 0.29) is 19.4 Å². The van der Waals surface area contributed by atoms with Gasteiger partial charge in [-0.3, -0.25) is 0 Å². The summed E-state index contributed by atoms with van der Waals surface area (Å²) in [6.07, 6.45) is 0.0194. The van der Waals surface area contributed by atoms with E-state index in [1.54, 1.807) is 30.3 Å². The average molecular weight is 336 g/mol. The highest BCUT2D eigenvalue weighted by Gasteiger charge is 2.70. The zero-order chi connectivity index (χ0) is 16.6. The zero-order valence-corrected chi connectivity index (χ0v) is 12.8. The summed E-state index contributed by atoms with van der Waals surface area (Å²) in [4.78, 5) is 0. The molecule has 1 aromatic rings. The molecule has 0 bridgehead atoms. The van der Waals surface area contributed by atoms with Crippen LogP contribution >= 0.6 is 0 Å². The lowest BCUT2D eigenvalue weighted by Gasteiger charge is -2.30. The monoisotopic (exact) mass is 336 g/mol. The fourth-order valence-corrected chi connectivity index (χ4v) is 4.02. The standard InChI is InChI=1S/C14H18F2O5S/c1-12(17,18)14(15,16)22(19,20)13(7-8-13)10-21-9-11-5-3-2-4-6-11/h2-6,17-18H,7-10H2,1H3. The van der Waals surface area contributed by atoms with Gasteiger partial charge in [-0.2, -0.15) is 8.78 Å². The van der Waals surface area contributed by atoms with Crippen LogP contribution in [-0.2, 0) is 21.2 Å². The van der Waals surface area contributed by atoms with E-state index in [1.165, 1.54) is 0 Å². The normalized spacial score (nSPS) is 18.2. The Kier molecular flexibility index (Phi) is 4.33. The molecule has 1 aromatic carbocycles. The van der Waals surface area contributed by atoms with E-state index in [0.29, 0.717) is 6.92 Å². The quantitative estimate of drug-likeness (QED) is 0.736. The third-order valence-electron chi connectivity index (χ3n) is 3.74. The Labute approximate surface area is 127 Å². The van der Waals surface area contributed by atoms with Gasteiger partial charge in [0.15, 0.2) is 0 Å². The fraction of sp³-hybridized carbons (Fsp3) is 0.571. The van der Waals surface area contributed by atoms with Gasteiger partial charge in [0, 0.05) is 0 Å². The SMILES string of the molecule is CC(O)(O)C(F)(F)S(=O)(=O)C1(COCc2ccccc2)CC1. The fourth-order valence-electron chi connectivity index (χ4n) is 2.09. The summed E-state index contributed by atoms with van der Waals surface area (Å²) in [7, 11) is -5.10. The van der Waals surface area contributed by atoms with E-state index in [1.807, 2.05) is 0 Å². The molecule has 1 aliphatic rings. The highest BCUT2D eigenvalue weighted by molar-refractivity contribution is 7.94. The van der Waals surface area contributed by atoms with E-state index in [2.05, 4.69) is 0 Å². The Morgan fingerprint density at radius 2 is 1.77 bits per heavy atom. The van der Waals surface area contributed by atoms with Gasteiger partial charge in [0.25, 0.3) is 0 Å². The first-order valence-electron chi connectivity index (χ1n) is 6.72. The van der Waals surface area contributed by atoms with Crippen molar-refractivity contribution in [2.45, 2.75) is 42.2 Å². The Morgan fingerprint density at radius 3 is 2.23 bits per heavy atom. The smallest absolute Gasteiger partial charge is 0.375 e. The molecule has 0 spiro atoms. The van der Waals surface area contributed by atoms with Gasteiger partial charge in [-0.1, -0.05) is 30.3 Å². The molecule has 5 nitrogen and oxygen atoms in total. The van der Waals surface area contributed by atoms with Gasteiger partial charge in [0.1, 0.15) is 4.75 Å². The van der Waals surface area contributed by atoms with Crippen LogP contribution in [0.2, 0.25) is 0 Å². The third-order valence-corrected chi connectivity index (χ3v) is 6.47. The minimum atomic E-state index is -5.10. The van der Waals surface area contributed by atoms with Gasteiger partial charge >= 0.3 is 5.25 Å². The van der Waals surface area contributed by atoms with Crippen LogP contribution in [0.25, 0.3) is 0 Å². The number of benzene rings is 1. The van der Waals surface area contributed by atoms with Crippen LogP contribution in [0.1, 0.15) is 25.3 Å². The van der Waals surface area contributed by atoms with Crippen molar-refractivity contribution >= 4 is 9.84 Å². The van der Waals surface area contributed by atoms with Crippen molar-refractivity contribution < 1.29 is 32.1 Å². The number of aliphatic hydroxyl groups is 2. The summed E-state index contributed by atoms with van der Waals surface area (Å²) >= 11 is 0. The second-order valence-corrected chi connectivity index (χ2v) is 8.09. The van der Waals surface area contributed by atoms with Crippen molar-refractivity contribution in [1.29, 1.82) is 0 Å². The first kappa shape index (κ1) is 17.3. The Hall–Kier alpha value is -1.09. The molecule has 8 heteroatoms. The van der Waals surface area contributed by atoms with Gasteiger partial charge < -0.3 is 14.9 Å². The van der Waals surface area contributed by atoms with E-state index >= 15 is 0 Å². The first-order chi connectivity index (χ1) is 10.0. The van der Waals surface area contributed by atoms with Gasteiger partial charge in [0.05, 0.1) is 13.2 Å². The molecule has 0 radical (unpaired) electrons. The largest absolute Gasteiger partial charge is 0.397 e. The molecule has 2 N–H and O–H groups in total. The lowest BCUT2D eigenvalue weighted by molar-refractivity contribution is -0.246. The number of halogens is 2. The van der Waals surface area contributed by atoms with Crippen molar-refractivity contribution in [2.24, 2.45) is 0 Å². The number of sulfone groups is 1. The van der Waals surface area contributed by atoms with E-state index < -0.39 is 32.2 Å². The van der Waals surface area contributed by atoms with Crippen LogP contribution in [0.4, 0.5) is 8.78 Å². The lowest BCUT2D eigenvalue weighted by Crippen LogP contribution is -2.55. The van der Waals surface area contributed by atoms with Gasteiger partial charge in [-0.15, -0.1) is 0 Å². The average Bonchev–Trinajstić information content (AvgIpc) is 3.20. The van der Waals surface area contributed by atoms with Crippen LogP contribution in [0.15, 0.2) is 30.3 Å². The third kappa shape index (κ3) is 2.88. The number of alkyl halides is 2. The van der Waals surface area contributed by atoms with E-state index in [0.717, 1.165) is 5.56 Å². The molecule has 1 fully saturated rings. The topological polar surface area (TPSA) is 83.8 Å². The van der Waals surface area contributed by atoms with Crippen LogP contribution in [-0.4, -0.2) is 41.0 Å². The summed E-state index contributed by atoms with van der Waals surface area (Å²) in [6, 6.07) is 8.89. The predicted molar refractivity (Wildman–Crippen MR) is 74.8 cm³/mol.